The molecule has 0 aliphatic heterocycles. The van der Waals surface area contributed by atoms with Gasteiger partial charge in [0.1, 0.15) is 13.2 Å². The molecule has 6 heteroatoms. The number of ether oxygens (including phenoxy) is 3. The van der Waals surface area contributed by atoms with Gasteiger partial charge in [-0.1, -0.05) is 273 Å². The number of allylic oxidation sites excluding steroid dienone is 12. The molecule has 74 heavy (non-hydrogen) atoms. The lowest BCUT2D eigenvalue weighted by atomic mass is 10.0. The fraction of sp³-hybridized carbons (Fsp3) is 0.779. The Morgan fingerprint density at radius 3 is 0.892 bits per heavy atom. The summed E-state index contributed by atoms with van der Waals surface area (Å²) in [6.45, 7) is 6.48. The van der Waals surface area contributed by atoms with Crippen LogP contribution in [0.15, 0.2) is 72.9 Å². The van der Waals surface area contributed by atoms with Crippen molar-refractivity contribution in [1.82, 2.24) is 0 Å². The zero-order valence-corrected chi connectivity index (χ0v) is 49.1. The second kappa shape index (κ2) is 62.4. The van der Waals surface area contributed by atoms with Gasteiger partial charge in [0.15, 0.2) is 6.10 Å². The van der Waals surface area contributed by atoms with Gasteiger partial charge < -0.3 is 14.2 Å². The molecule has 1 atom stereocenters. The van der Waals surface area contributed by atoms with E-state index in [0.29, 0.717) is 19.3 Å². The molecule has 0 radical (unpaired) electrons. The zero-order valence-electron chi connectivity index (χ0n) is 49.1. The van der Waals surface area contributed by atoms with E-state index in [4.69, 9.17) is 14.2 Å². The van der Waals surface area contributed by atoms with E-state index >= 15 is 0 Å². The average molecular weight is 1030 g/mol. The highest BCUT2D eigenvalue weighted by Crippen LogP contribution is 2.17. The average Bonchev–Trinajstić information content (AvgIpc) is 3.40. The summed E-state index contributed by atoms with van der Waals surface area (Å²) >= 11 is 0. The van der Waals surface area contributed by atoms with Crippen molar-refractivity contribution in [2.75, 3.05) is 13.2 Å². The molecule has 0 rings (SSSR count). The van der Waals surface area contributed by atoms with Crippen molar-refractivity contribution in [3.8, 4) is 0 Å². The van der Waals surface area contributed by atoms with Crippen molar-refractivity contribution >= 4 is 17.9 Å². The predicted octanol–water partition coefficient (Wildman–Crippen LogP) is 21.7. The third kappa shape index (κ3) is 59.7. The van der Waals surface area contributed by atoms with Gasteiger partial charge in [0, 0.05) is 19.3 Å². The van der Waals surface area contributed by atoms with Gasteiger partial charge in [0.2, 0.25) is 0 Å². The Kier molecular flexibility index (Phi) is 59.7. The van der Waals surface area contributed by atoms with Crippen LogP contribution in [0.1, 0.15) is 323 Å². The Balaban J connectivity index is 4.20. The summed E-state index contributed by atoms with van der Waals surface area (Å²) in [6.07, 6.45) is 80.7. The van der Waals surface area contributed by atoms with E-state index < -0.39 is 6.10 Å². The highest BCUT2D eigenvalue weighted by molar-refractivity contribution is 5.71. The molecule has 0 amide bonds. The highest BCUT2D eigenvalue weighted by atomic mass is 16.6. The summed E-state index contributed by atoms with van der Waals surface area (Å²) < 4.78 is 16.9. The van der Waals surface area contributed by atoms with Gasteiger partial charge in [-0.05, 0) is 103 Å². The maximum atomic E-state index is 12.9. The number of esters is 3. The minimum atomic E-state index is -0.786. The van der Waals surface area contributed by atoms with Crippen molar-refractivity contribution in [1.29, 1.82) is 0 Å². The van der Waals surface area contributed by atoms with Crippen molar-refractivity contribution in [3.63, 3.8) is 0 Å². The Bertz CT molecular complexity index is 1370. The molecule has 0 saturated heterocycles. The first-order valence-electron chi connectivity index (χ1n) is 31.9. The third-order valence-electron chi connectivity index (χ3n) is 13.9. The molecular weight excluding hydrogens is 913 g/mol. The molecule has 0 fully saturated rings. The summed E-state index contributed by atoms with van der Waals surface area (Å²) in [5.41, 5.74) is 0. The number of unbranched alkanes of at least 4 members (excludes halogenated alkanes) is 35. The van der Waals surface area contributed by atoms with Crippen LogP contribution in [0.3, 0.4) is 0 Å². The van der Waals surface area contributed by atoms with Crippen molar-refractivity contribution in [2.24, 2.45) is 0 Å². The molecule has 428 valence electrons. The summed E-state index contributed by atoms with van der Waals surface area (Å²) in [5.74, 6) is -0.896. The van der Waals surface area contributed by atoms with Crippen LogP contribution in [0.5, 0.6) is 0 Å². The van der Waals surface area contributed by atoms with E-state index in [-0.39, 0.29) is 31.1 Å². The number of carbonyl (C=O) groups is 3. The van der Waals surface area contributed by atoms with Crippen LogP contribution in [0.25, 0.3) is 0 Å². The Morgan fingerprint density at radius 1 is 0.284 bits per heavy atom. The van der Waals surface area contributed by atoms with Crippen LogP contribution >= 0.6 is 0 Å². The van der Waals surface area contributed by atoms with Crippen LogP contribution in [-0.4, -0.2) is 37.2 Å². The second-order valence-electron chi connectivity index (χ2n) is 21.3. The smallest absolute Gasteiger partial charge is 0.306 e. The summed E-state index contributed by atoms with van der Waals surface area (Å²) in [4.78, 5) is 38.2. The van der Waals surface area contributed by atoms with Crippen LogP contribution in [0.4, 0.5) is 0 Å². The lowest BCUT2D eigenvalue weighted by molar-refractivity contribution is -0.167. The first-order valence-corrected chi connectivity index (χ1v) is 31.9. The molecule has 0 heterocycles. The number of hydrogen-bond donors (Lipinski definition) is 0. The highest BCUT2D eigenvalue weighted by Gasteiger charge is 2.19. The quantitative estimate of drug-likeness (QED) is 0.0261. The molecule has 0 aromatic rings. The fourth-order valence-corrected chi connectivity index (χ4v) is 9.14. The van der Waals surface area contributed by atoms with Gasteiger partial charge in [-0.25, -0.2) is 0 Å². The van der Waals surface area contributed by atoms with Gasteiger partial charge in [0.25, 0.3) is 0 Å². The van der Waals surface area contributed by atoms with E-state index in [9.17, 15) is 14.4 Å². The lowest BCUT2D eigenvalue weighted by Crippen LogP contribution is -2.30. The predicted molar refractivity (Wildman–Crippen MR) is 321 cm³/mol. The minimum Gasteiger partial charge on any atom is -0.462 e. The fourth-order valence-electron chi connectivity index (χ4n) is 9.14. The normalized spacial score (nSPS) is 12.5. The number of rotatable bonds is 58. The molecule has 0 N–H and O–H groups in total. The van der Waals surface area contributed by atoms with E-state index in [1.54, 1.807) is 0 Å². The molecule has 0 saturated carbocycles. The van der Waals surface area contributed by atoms with Gasteiger partial charge in [-0.3, -0.25) is 14.4 Å². The monoisotopic (exact) mass is 1030 g/mol. The van der Waals surface area contributed by atoms with Crippen LogP contribution in [0.2, 0.25) is 0 Å². The molecule has 0 aromatic heterocycles. The molecule has 0 bridgehead atoms. The molecule has 1 unspecified atom stereocenters. The van der Waals surface area contributed by atoms with E-state index in [0.717, 1.165) is 109 Å². The van der Waals surface area contributed by atoms with E-state index in [2.05, 4.69) is 93.7 Å². The standard InChI is InChI=1S/C68H120O6/c1-4-7-10-13-16-19-22-24-26-28-30-31-32-33-34-35-36-37-39-40-42-44-46-49-52-55-58-61-67(70)73-64-65(63-72-66(69)60-57-54-51-48-21-18-15-12-9-6-3)74-68(71)62-59-56-53-50-47-45-43-41-38-29-27-25-23-20-17-14-11-8-5-2/h8,11-12,15,17,20,25,27-28,30,38,41,65H,4-7,9-10,13-14,16,18-19,21-24,26,29,31-37,39-40,42-64H2,1-3H3/b11-8-,15-12-,20-17-,27-25-,30-28-,41-38-. The zero-order chi connectivity index (χ0) is 53.6. The maximum Gasteiger partial charge on any atom is 0.306 e. The molecule has 0 aliphatic carbocycles. The maximum absolute atomic E-state index is 12.9. The van der Waals surface area contributed by atoms with E-state index in [1.807, 2.05) is 0 Å². The molecule has 0 spiro atoms. The first kappa shape index (κ1) is 70.8. The SMILES string of the molecule is CC/C=C\C/C=C\C/C=C\C/C=C\CCCCCCCCC(=O)OC(COC(=O)CCCCCCC/C=C\CCC)COC(=O)CCCCCCCCCCCCCCCCC/C=C\CCCCCCCCCC. The van der Waals surface area contributed by atoms with Crippen molar-refractivity contribution < 1.29 is 28.6 Å². The molecule has 6 nitrogen and oxygen atoms in total. The summed E-state index contributed by atoms with van der Waals surface area (Å²) in [7, 11) is 0. The van der Waals surface area contributed by atoms with Crippen molar-refractivity contribution in [3.05, 3.63) is 72.9 Å². The summed E-state index contributed by atoms with van der Waals surface area (Å²) in [5, 5.41) is 0. The van der Waals surface area contributed by atoms with Gasteiger partial charge in [-0.15, -0.1) is 0 Å². The Hall–Kier alpha value is -3.15. The molecule has 0 aliphatic rings. The Labute approximate surface area is 459 Å². The van der Waals surface area contributed by atoms with Gasteiger partial charge >= 0.3 is 17.9 Å². The first-order chi connectivity index (χ1) is 36.5. The van der Waals surface area contributed by atoms with E-state index in [1.165, 1.54) is 173 Å². The largest absolute Gasteiger partial charge is 0.462 e. The summed E-state index contributed by atoms with van der Waals surface area (Å²) in [6, 6.07) is 0. The topological polar surface area (TPSA) is 78.9 Å². The molecule has 0 aromatic carbocycles. The van der Waals surface area contributed by atoms with Gasteiger partial charge in [-0.2, -0.15) is 0 Å². The van der Waals surface area contributed by atoms with Crippen molar-refractivity contribution in [2.45, 2.75) is 329 Å². The molecular formula is C68H120O6. The Morgan fingerprint density at radius 2 is 0.554 bits per heavy atom. The van der Waals surface area contributed by atoms with Crippen LogP contribution in [0, 0.1) is 0 Å². The van der Waals surface area contributed by atoms with Crippen LogP contribution in [-0.2, 0) is 28.6 Å². The second-order valence-corrected chi connectivity index (χ2v) is 21.3. The lowest BCUT2D eigenvalue weighted by Gasteiger charge is -2.18. The minimum absolute atomic E-state index is 0.0822. The van der Waals surface area contributed by atoms with Gasteiger partial charge in [0.05, 0.1) is 0 Å². The third-order valence-corrected chi connectivity index (χ3v) is 13.9. The number of hydrogen-bond acceptors (Lipinski definition) is 6. The van der Waals surface area contributed by atoms with Crippen LogP contribution < -0.4 is 0 Å². The number of carbonyl (C=O) groups excluding carboxylic acids is 3.